The topological polar surface area (TPSA) is 25.8 Å². The van der Waals surface area contributed by atoms with Crippen LogP contribution in [0, 0.1) is 0 Å². The van der Waals surface area contributed by atoms with Gasteiger partial charge in [-0.1, -0.05) is 23.7 Å². The highest BCUT2D eigenvalue weighted by atomic mass is 35.5. The number of nitrogens with zero attached hydrogens (tertiary/aromatic N) is 2. The van der Waals surface area contributed by atoms with Crippen molar-refractivity contribution in [1.82, 2.24) is 9.97 Å². The first kappa shape index (κ1) is 9.75. The minimum absolute atomic E-state index is 0.739. The fourth-order valence-corrected chi connectivity index (χ4v) is 2.54. The van der Waals surface area contributed by atoms with Crippen LogP contribution in [0.3, 0.4) is 0 Å². The summed E-state index contributed by atoms with van der Waals surface area (Å²) in [5.74, 6) is 0. The number of benzene rings is 1. The zero-order valence-electron chi connectivity index (χ0n) is 8.22. The van der Waals surface area contributed by atoms with E-state index in [2.05, 4.69) is 9.97 Å². The van der Waals surface area contributed by atoms with Gasteiger partial charge in [0.15, 0.2) is 5.65 Å². The molecule has 1 aromatic carbocycles. The van der Waals surface area contributed by atoms with E-state index in [1.165, 1.54) is 0 Å². The zero-order chi connectivity index (χ0) is 11.0. The van der Waals surface area contributed by atoms with Crippen LogP contribution in [0.5, 0.6) is 0 Å². The first-order chi connectivity index (χ1) is 7.83. The lowest BCUT2D eigenvalue weighted by Gasteiger charge is -1.94. The van der Waals surface area contributed by atoms with Gasteiger partial charge in [-0.05, 0) is 24.3 Å². The SMILES string of the molecule is Clc1ccc(-c2nc3ncccc3s2)cc1. The molecular formula is C12H7ClN2S. The highest BCUT2D eigenvalue weighted by Crippen LogP contribution is 2.29. The Kier molecular flexibility index (Phi) is 2.35. The van der Waals surface area contributed by atoms with Gasteiger partial charge in [-0.25, -0.2) is 9.97 Å². The van der Waals surface area contributed by atoms with Gasteiger partial charge in [0.2, 0.25) is 0 Å². The normalized spacial score (nSPS) is 10.8. The summed E-state index contributed by atoms with van der Waals surface area (Å²) in [6.45, 7) is 0. The lowest BCUT2D eigenvalue weighted by molar-refractivity contribution is 1.33. The Hall–Kier alpha value is -1.45. The summed E-state index contributed by atoms with van der Waals surface area (Å²) in [4.78, 5) is 8.70. The van der Waals surface area contributed by atoms with Crippen LogP contribution in [0.1, 0.15) is 0 Å². The average molecular weight is 247 g/mol. The molecule has 0 spiro atoms. The quantitative estimate of drug-likeness (QED) is 0.648. The van der Waals surface area contributed by atoms with Gasteiger partial charge in [-0.2, -0.15) is 0 Å². The Labute approximate surface area is 102 Å². The third-order valence-electron chi connectivity index (χ3n) is 2.26. The molecule has 0 aliphatic heterocycles. The second-order valence-electron chi connectivity index (χ2n) is 3.35. The first-order valence-corrected chi connectivity index (χ1v) is 6.00. The molecule has 0 N–H and O–H groups in total. The first-order valence-electron chi connectivity index (χ1n) is 4.80. The Morgan fingerprint density at radius 1 is 1.06 bits per heavy atom. The van der Waals surface area contributed by atoms with Gasteiger partial charge in [-0.3, -0.25) is 0 Å². The molecule has 0 aliphatic rings. The minimum atomic E-state index is 0.739. The monoisotopic (exact) mass is 246 g/mol. The highest BCUT2D eigenvalue weighted by molar-refractivity contribution is 7.21. The van der Waals surface area contributed by atoms with Crippen molar-refractivity contribution >= 4 is 33.3 Å². The largest absolute Gasteiger partial charge is 0.236 e. The van der Waals surface area contributed by atoms with Gasteiger partial charge >= 0.3 is 0 Å². The maximum atomic E-state index is 5.85. The van der Waals surface area contributed by atoms with E-state index in [0.717, 1.165) is 25.9 Å². The molecule has 3 aromatic rings. The molecular weight excluding hydrogens is 240 g/mol. The second kappa shape index (κ2) is 3.85. The molecule has 0 unspecified atom stereocenters. The fraction of sp³-hybridized carbons (Fsp3) is 0. The second-order valence-corrected chi connectivity index (χ2v) is 4.82. The van der Waals surface area contributed by atoms with Crippen LogP contribution in [0.25, 0.3) is 20.9 Å². The van der Waals surface area contributed by atoms with Crippen LogP contribution in [0.4, 0.5) is 0 Å². The molecule has 0 saturated heterocycles. The Bertz CT molecular complexity index is 598. The van der Waals surface area contributed by atoms with Crippen molar-refractivity contribution < 1.29 is 0 Å². The highest BCUT2D eigenvalue weighted by Gasteiger charge is 2.05. The van der Waals surface area contributed by atoms with Crippen molar-refractivity contribution in [2.45, 2.75) is 0 Å². The van der Waals surface area contributed by atoms with Gasteiger partial charge in [0.05, 0.1) is 4.70 Å². The zero-order valence-corrected chi connectivity index (χ0v) is 9.79. The fourth-order valence-electron chi connectivity index (χ4n) is 1.48. The van der Waals surface area contributed by atoms with Crippen LogP contribution >= 0.6 is 22.9 Å². The summed E-state index contributed by atoms with van der Waals surface area (Å²) in [5, 5.41) is 1.72. The van der Waals surface area contributed by atoms with Crippen molar-refractivity contribution in [3.63, 3.8) is 0 Å². The Morgan fingerprint density at radius 2 is 1.88 bits per heavy atom. The van der Waals surface area contributed by atoms with Crippen LogP contribution in [-0.2, 0) is 0 Å². The third kappa shape index (κ3) is 1.68. The molecule has 78 valence electrons. The maximum Gasteiger partial charge on any atom is 0.170 e. The molecule has 2 heterocycles. The van der Waals surface area contributed by atoms with Gasteiger partial charge < -0.3 is 0 Å². The van der Waals surface area contributed by atoms with Crippen molar-refractivity contribution in [2.75, 3.05) is 0 Å². The van der Waals surface area contributed by atoms with E-state index in [1.54, 1.807) is 17.5 Å². The van der Waals surface area contributed by atoms with Crippen molar-refractivity contribution in [3.8, 4) is 10.6 Å². The van der Waals surface area contributed by atoms with Crippen LogP contribution in [-0.4, -0.2) is 9.97 Å². The van der Waals surface area contributed by atoms with Crippen LogP contribution < -0.4 is 0 Å². The number of aromatic nitrogens is 2. The van der Waals surface area contributed by atoms with Crippen LogP contribution in [0.15, 0.2) is 42.6 Å². The predicted molar refractivity (Wildman–Crippen MR) is 67.9 cm³/mol. The van der Waals surface area contributed by atoms with E-state index in [4.69, 9.17) is 11.6 Å². The lowest BCUT2D eigenvalue weighted by atomic mass is 10.2. The number of pyridine rings is 1. The van der Waals surface area contributed by atoms with Crippen LogP contribution in [0.2, 0.25) is 5.02 Å². The number of halogens is 1. The molecule has 4 heteroatoms. The van der Waals surface area contributed by atoms with E-state index in [-0.39, 0.29) is 0 Å². The van der Waals surface area contributed by atoms with Gasteiger partial charge in [-0.15, -0.1) is 11.3 Å². The van der Waals surface area contributed by atoms with Crippen molar-refractivity contribution in [2.24, 2.45) is 0 Å². The van der Waals surface area contributed by atoms with Gasteiger partial charge in [0.1, 0.15) is 5.01 Å². The molecule has 0 radical (unpaired) electrons. The Morgan fingerprint density at radius 3 is 2.62 bits per heavy atom. The molecule has 0 atom stereocenters. The molecule has 0 fully saturated rings. The molecule has 2 aromatic heterocycles. The van der Waals surface area contributed by atoms with E-state index in [0.29, 0.717) is 0 Å². The molecule has 0 aliphatic carbocycles. The van der Waals surface area contributed by atoms with E-state index in [9.17, 15) is 0 Å². The molecule has 3 rings (SSSR count). The summed E-state index contributed by atoms with van der Waals surface area (Å²) < 4.78 is 1.10. The molecule has 0 bridgehead atoms. The summed E-state index contributed by atoms with van der Waals surface area (Å²) in [7, 11) is 0. The number of hydrogen-bond donors (Lipinski definition) is 0. The smallest absolute Gasteiger partial charge is 0.170 e. The van der Waals surface area contributed by atoms with E-state index >= 15 is 0 Å². The summed E-state index contributed by atoms with van der Waals surface area (Å²) in [5.41, 5.74) is 1.88. The average Bonchev–Trinajstić information content (AvgIpc) is 2.73. The number of thiazole rings is 1. The minimum Gasteiger partial charge on any atom is -0.236 e. The summed E-state index contributed by atoms with van der Waals surface area (Å²) in [6.07, 6.45) is 1.76. The molecule has 0 saturated carbocycles. The molecule has 16 heavy (non-hydrogen) atoms. The molecule has 0 amide bonds. The van der Waals surface area contributed by atoms with Gasteiger partial charge in [0, 0.05) is 16.8 Å². The maximum absolute atomic E-state index is 5.85. The van der Waals surface area contributed by atoms with Crippen molar-refractivity contribution in [3.05, 3.63) is 47.6 Å². The van der Waals surface area contributed by atoms with Gasteiger partial charge in [0.25, 0.3) is 0 Å². The molecule has 2 nitrogen and oxygen atoms in total. The number of hydrogen-bond acceptors (Lipinski definition) is 3. The third-order valence-corrected chi connectivity index (χ3v) is 3.57. The van der Waals surface area contributed by atoms with E-state index < -0.39 is 0 Å². The van der Waals surface area contributed by atoms with E-state index in [1.807, 2.05) is 36.4 Å². The number of fused-ring (bicyclic) bond motifs is 1. The number of rotatable bonds is 1. The predicted octanol–water partition coefficient (Wildman–Crippen LogP) is 4.01. The Balaban J connectivity index is 2.15. The summed E-state index contributed by atoms with van der Waals surface area (Å²) >= 11 is 7.49. The van der Waals surface area contributed by atoms with Crippen molar-refractivity contribution in [1.29, 1.82) is 0 Å². The lowest BCUT2D eigenvalue weighted by Crippen LogP contribution is -1.76. The summed E-state index contributed by atoms with van der Waals surface area (Å²) in [6, 6.07) is 11.6. The standard InChI is InChI=1S/C12H7ClN2S/c13-9-5-3-8(4-6-9)12-15-11-10(16-12)2-1-7-14-11/h1-7H.